The molecule has 0 spiro atoms. The zero-order valence-corrected chi connectivity index (χ0v) is 16.3. The molecule has 0 aliphatic heterocycles. The molecule has 1 unspecified atom stereocenters. The Morgan fingerprint density at radius 3 is 2.63 bits per heavy atom. The van der Waals surface area contributed by atoms with Crippen LogP contribution >= 0.6 is 0 Å². The topological polar surface area (TPSA) is 167 Å². The minimum atomic E-state index is -4.69. The number of aromatic nitrogens is 2. The van der Waals surface area contributed by atoms with E-state index in [1.54, 1.807) is 0 Å². The summed E-state index contributed by atoms with van der Waals surface area (Å²) in [6.07, 6.45) is 2.34. The van der Waals surface area contributed by atoms with Crippen LogP contribution in [0, 0.1) is 17.1 Å². The van der Waals surface area contributed by atoms with E-state index in [0.29, 0.717) is 0 Å². The first-order valence-electron chi connectivity index (χ1n) is 8.60. The second kappa shape index (κ2) is 7.66. The summed E-state index contributed by atoms with van der Waals surface area (Å²) in [4.78, 5) is 31.6. The van der Waals surface area contributed by atoms with Gasteiger partial charge in [-0.15, -0.1) is 0 Å². The highest BCUT2D eigenvalue weighted by Crippen LogP contribution is 2.33. The van der Waals surface area contributed by atoms with Gasteiger partial charge in [-0.3, -0.25) is 14.1 Å². The van der Waals surface area contributed by atoms with Crippen molar-refractivity contribution in [2.24, 2.45) is 5.73 Å². The predicted octanol–water partition coefficient (Wildman–Crippen LogP) is 2.24. The second-order valence-electron chi connectivity index (χ2n) is 6.43. The number of amides is 1. The largest absolute Gasteiger partial charge is 0.366 e. The van der Waals surface area contributed by atoms with Gasteiger partial charge in [0.05, 0.1) is 16.7 Å². The Morgan fingerprint density at radius 2 is 2.07 bits per heavy atom. The van der Waals surface area contributed by atoms with Gasteiger partial charge in [0.15, 0.2) is 5.78 Å². The molecule has 2 aromatic heterocycles. The number of nitrogens with two attached hydrogens (primary N) is 1. The van der Waals surface area contributed by atoms with Crippen LogP contribution in [0.5, 0.6) is 0 Å². The van der Waals surface area contributed by atoms with Crippen LogP contribution < -0.4 is 5.73 Å². The fourth-order valence-electron chi connectivity index (χ4n) is 3.26. The van der Waals surface area contributed by atoms with Gasteiger partial charge in [0, 0.05) is 23.3 Å². The van der Waals surface area contributed by atoms with Gasteiger partial charge in [0.1, 0.15) is 22.8 Å². The highest BCUT2D eigenvalue weighted by molar-refractivity contribution is 7.86. The molecule has 1 atom stereocenters. The number of hydrogen-bond acceptors (Lipinski definition) is 6. The summed E-state index contributed by atoms with van der Waals surface area (Å²) in [6, 6.07) is 5.27. The zero-order chi connectivity index (χ0) is 22.2. The standard InChI is InChI=1S/C19H15FN4O5S/c1-2-14(30(27,28)29)10-3-4-11(18(22)26)16(20)15(10)17(25)13-8-24-19-12(13)5-9(6-21)7-23-19/h3-5,7-8,14H,2H2,1H3,(H2,22,26)(H,23,24)(H,27,28,29). The lowest BCUT2D eigenvalue weighted by Gasteiger charge is -2.17. The van der Waals surface area contributed by atoms with Crippen LogP contribution in [0.1, 0.15) is 56.0 Å². The summed E-state index contributed by atoms with van der Waals surface area (Å²) >= 11 is 0. The molecule has 2 heterocycles. The van der Waals surface area contributed by atoms with E-state index in [9.17, 15) is 22.6 Å². The van der Waals surface area contributed by atoms with E-state index < -0.39 is 44.0 Å². The van der Waals surface area contributed by atoms with Crippen molar-refractivity contribution >= 4 is 32.8 Å². The number of nitrogens with one attached hydrogen (secondary N) is 1. The van der Waals surface area contributed by atoms with Gasteiger partial charge in [-0.2, -0.15) is 13.7 Å². The fourth-order valence-corrected chi connectivity index (χ4v) is 4.20. The average Bonchev–Trinajstić information content (AvgIpc) is 3.10. The highest BCUT2D eigenvalue weighted by atomic mass is 32.2. The van der Waals surface area contributed by atoms with Crippen molar-refractivity contribution in [1.29, 1.82) is 5.26 Å². The van der Waals surface area contributed by atoms with Crippen LogP contribution in [0.3, 0.4) is 0 Å². The van der Waals surface area contributed by atoms with Crippen molar-refractivity contribution in [3.8, 4) is 6.07 Å². The van der Waals surface area contributed by atoms with Crippen LogP contribution in [0.15, 0.2) is 30.6 Å². The number of H-pyrrole nitrogens is 1. The number of rotatable bonds is 6. The van der Waals surface area contributed by atoms with Crippen LogP contribution in [0.25, 0.3) is 11.0 Å². The zero-order valence-electron chi connectivity index (χ0n) is 15.5. The minimum Gasteiger partial charge on any atom is -0.366 e. The Morgan fingerprint density at radius 1 is 1.37 bits per heavy atom. The van der Waals surface area contributed by atoms with Crippen LogP contribution in [0.2, 0.25) is 0 Å². The molecular weight excluding hydrogens is 415 g/mol. The first-order chi connectivity index (χ1) is 14.1. The third-order valence-corrected chi connectivity index (χ3v) is 5.96. The molecule has 4 N–H and O–H groups in total. The van der Waals surface area contributed by atoms with E-state index in [0.717, 1.165) is 12.1 Å². The lowest BCUT2D eigenvalue weighted by molar-refractivity contribution is 0.0996. The number of ketones is 1. The Bertz CT molecular complexity index is 1340. The smallest absolute Gasteiger partial charge is 0.272 e. The maximum absolute atomic E-state index is 15.2. The molecular formula is C19H15FN4O5S. The summed E-state index contributed by atoms with van der Waals surface area (Å²) in [6.45, 7) is 1.43. The molecule has 154 valence electrons. The predicted molar refractivity (Wildman–Crippen MR) is 104 cm³/mol. The number of carbonyl (C=O) groups is 2. The normalized spacial score (nSPS) is 12.5. The molecule has 1 amide bonds. The van der Waals surface area contributed by atoms with Gasteiger partial charge < -0.3 is 10.7 Å². The van der Waals surface area contributed by atoms with Crippen LogP contribution in [-0.4, -0.2) is 34.6 Å². The number of nitriles is 1. The Balaban J connectivity index is 2.33. The van der Waals surface area contributed by atoms with Crippen molar-refractivity contribution in [2.75, 3.05) is 0 Å². The van der Waals surface area contributed by atoms with Gasteiger partial charge in [-0.05, 0) is 24.1 Å². The van der Waals surface area contributed by atoms with Crippen LogP contribution in [0.4, 0.5) is 4.39 Å². The summed E-state index contributed by atoms with van der Waals surface area (Å²) < 4.78 is 48.4. The van der Waals surface area contributed by atoms with Crippen molar-refractivity contribution in [1.82, 2.24) is 9.97 Å². The monoisotopic (exact) mass is 430 g/mol. The molecule has 0 aliphatic rings. The molecule has 0 bridgehead atoms. The molecule has 0 fully saturated rings. The van der Waals surface area contributed by atoms with Crippen molar-refractivity contribution in [3.05, 3.63) is 64.2 Å². The summed E-state index contributed by atoms with van der Waals surface area (Å²) in [5, 5.41) is 7.67. The Labute approximate surface area is 170 Å². The third kappa shape index (κ3) is 3.54. The second-order valence-corrected chi connectivity index (χ2v) is 8.03. The maximum atomic E-state index is 15.2. The molecule has 0 radical (unpaired) electrons. The molecule has 0 saturated carbocycles. The summed E-state index contributed by atoms with van der Waals surface area (Å²) in [5.74, 6) is -3.41. The molecule has 9 nitrogen and oxygen atoms in total. The average molecular weight is 430 g/mol. The molecule has 3 rings (SSSR count). The van der Waals surface area contributed by atoms with E-state index >= 15 is 4.39 Å². The van der Waals surface area contributed by atoms with E-state index in [1.807, 2.05) is 6.07 Å². The Hall–Kier alpha value is -3.62. The van der Waals surface area contributed by atoms with Crippen LogP contribution in [-0.2, 0) is 10.1 Å². The molecule has 1 aromatic carbocycles. The van der Waals surface area contributed by atoms with Crippen molar-refractivity contribution < 1.29 is 27.0 Å². The van der Waals surface area contributed by atoms with Gasteiger partial charge in [-0.25, -0.2) is 9.37 Å². The lowest BCUT2D eigenvalue weighted by atomic mass is 9.92. The number of halogens is 1. The third-order valence-electron chi connectivity index (χ3n) is 4.65. The molecule has 11 heteroatoms. The number of benzene rings is 1. The number of carbonyl (C=O) groups excluding carboxylic acids is 2. The van der Waals surface area contributed by atoms with Crippen molar-refractivity contribution in [2.45, 2.75) is 18.6 Å². The quantitative estimate of drug-likeness (QED) is 0.398. The Kier molecular flexibility index (Phi) is 5.39. The number of hydrogen-bond donors (Lipinski definition) is 3. The molecule has 0 aliphatic carbocycles. The maximum Gasteiger partial charge on any atom is 0.272 e. The van der Waals surface area contributed by atoms with E-state index in [2.05, 4.69) is 9.97 Å². The number of primary amides is 1. The molecule has 30 heavy (non-hydrogen) atoms. The first-order valence-corrected chi connectivity index (χ1v) is 10.1. The minimum absolute atomic E-state index is 0.0958. The first kappa shape index (κ1) is 21.1. The van der Waals surface area contributed by atoms with E-state index in [-0.39, 0.29) is 34.1 Å². The van der Waals surface area contributed by atoms with Gasteiger partial charge in [0.25, 0.3) is 16.0 Å². The van der Waals surface area contributed by atoms with E-state index in [1.165, 1.54) is 25.4 Å². The van der Waals surface area contributed by atoms with Gasteiger partial charge in [0.2, 0.25) is 0 Å². The number of fused-ring (bicyclic) bond motifs is 1. The summed E-state index contributed by atoms with van der Waals surface area (Å²) in [5.41, 5.74) is 3.83. The lowest BCUT2D eigenvalue weighted by Crippen LogP contribution is -2.21. The highest BCUT2D eigenvalue weighted by Gasteiger charge is 2.33. The van der Waals surface area contributed by atoms with Gasteiger partial charge in [-0.1, -0.05) is 13.0 Å². The number of pyridine rings is 1. The van der Waals surface area contributed by atoms with Gasteiger partial charge >= 0.3 is 0 Å². The van der Waals surface area contributed by atoms with E-state index in [4.69, 9.17) is 11.0 Å². The summed E-state index contributed by atoms with van der Waals surface area (Å²) in [7, 11) is -4.69. The molecule has 3 aromatic rings. The fraction of sp³-hybridized carbons (Fsp3) is 0.158. The number of nitrogens with zero attached hydrogens (tertiary/aromatic N) is 2. The SMILES string of the molecule is CCC(c1ccc(C(N)=O)c(F)c1C(=O)c1c[nH]c2ncc(C#N)cc12)S(=O)(=O)O. The number of aromatic amines is 1. The molecule has 0 saturated heterocycles. The van der Waals surface area contributed by atoms with Crippen molar-refractivity contribution in [3.63, 3.8) is 0 Å².